The highest BCUT2D eigenvalue weighted by Gasteiger charge is 2.50. The van der Waals surface area contributed by atoms with Crippen LogP contribution in [-0.4, -0.2) is 54.0 Å². The van der Waals surface area contributed by atoms with E-state index in [0.717, 1.165) is 10.5 Å². The Labute approximate surface area is 185 Å². The minimum Gasteiger partial charge on any atom is -0.463 e. The number of rotatable bonds is 8. The molecule has 0 unspecified atom stereocenters. The lowest BCUT2D eigenvalue weighted by atomic mass is 9.85. The molecule has 8 nitrogen and oxygen atoms in total. The predicted molar refractivity (Wildman–Crippen MR) is 112 cm³/mol. The van der Waals surface area contributed by atoms with Crippen LogP contribution in [-0.2, 0) is 38.1 Å². The van der Waals surface area contributed by atoms with E-state index >= 15 is 0 Å². The zero-order valence-corrected chi connectivity index (χ0v) is 19.1. The van der Waals surface area contributed by atoms with E-state index in [0.29, 0.717) is 0 Å². The van der Waals surface area contributed by atoms with Gasteiger partial charge in [0.1, 0.15) is 36.1 Å². The van der Waals surface area contributed by atoms with Crippen molar-refractivity contribution in [2.75, 3.05) is 6.61 Å². The molecule has 5 atom stereocenters. The molecule has 0 radical (unpaired) electrons. The average molecular weight is 453 g/mol. The highest BCUT2D eigenvalue weighted by molar-refractivity contribution is 7.99. The second-order valence-corrected chi connectivity index (χ2v) is 8.67. The molecule has 0 N–H and O–H groups in total. The Bertz CT molecular complexity index is 806. The molecule has 1 aromatic rings. The van der Waals surface area contributed by atoms with Gasteiger partial charge in [-0.2, -0.15) is 0 Å². The van der Waals surface area contributed by atoms with Crippen molar-refractivity contribution in [3.8, 4) is 0 Å². The summed E-state index contributed by atoms with van der Waals surface area (Å²) in [5, 5.41) is 0. The maximum atomic E-state index is 12.0. The number of carbonyl (C=O) groups excluding carboxylic acids is 4. The summed E-state index contributed by atoms with van der Waals surface area (Å²) in [5.41, 5.74) is 0.380. The Hall–Kier alpha value is -2.39. The first-order valence-corrected chi connectivity index (χ1v) is 10.8. The van der Waals surface area contributed by atoms with E-state index in [1.54, 1.807) is 0 Å². The van der Waals surface area contributed by atoms with E-state index in [-0.39, 0.29) is 18.8 Å². The molecule has 0 aliphatic carbocycles. The molecule has 2 rings (SSSR count). The Kier molecular flexibility index (Phi) is 9.06. The third kappa shape index (κ3) is 7.66. The molecule has 1 aliphatic rings. The van der Waals surface area contributed by atoms with Gasteiger partial charge in [-0.1, -0.05) is 29.5 Å². The van der Waals surface area contributed by atoms with E-state index in [1.807, 2.05) is 31.2 Å². The second-order valence-electron chi connectivity index (χ2n) is 7.49. The highest BCUT2D eigenvalue weighted by atomic mass is 32.2. The monoisotopic (exact) mass is 452 g/mol. The van der Waals surface area contributed by atoms with Gasteiger partial charge >= 0.3 is 17.9 Å². The van der Waals surface area contributed by atoms with Gasteiger partial charge in [0.2, 0.25) is 0 Å². The molecule has 0 spiro atoms. The molecule has 31 heavy (non-hydrogen) atoms. The van der Waals surface area contributed by atoms with Crippen molar-refractivity contribution in [2.45, 2.75) is 69.7 Å². The summed E-state index contributed by atoms with van der Waals surface area (Å²) in [4.78, 5) is 47.9. The molecule has 0 saturated carbocycles. The highest BCUT2D eigenvalue weighted by Crippen LogP contribution is 2.40. The van der Waals surface area contributed by atoms with Crippen LogP contribution < -0.4 is 0 Å². The molecule has 1 aliphatic heterocycles. The van der Waals surface area contributed by atoms with E-state index in [9.17, 15) is 19.2 Å². The van der Waals surface area contributed by atoms with Gasteiger partial charge in [-0.3, -0.25) is 14.4 Å². The fraction of sp³-hybridized carbons (Fsp3) is 0.545. The van der Waals surface area contributed by atoms with Crippen LogP contribution in [0.2, 0.25) is 0 Å². The predicted octanol–water partition coefficient (Wildman–Crippen LogP) is 2.83. The van der Waals surface area contributed by atoms with E-state index in [1.165, 1.54) is 39.5 Å². The Morgan fingerprint density at radius 2 is 1.48 bits per heavy atom. The SMILES string of the molecule is CC(=O)C[C@@H]1[C@@H](OC(C)=O)[C@H](Sc2ccc(C)cc2)O[C@H](COC(C)=O)[C@H]1OC(C)=O. The van der Waals surface area contributed by atoms with Crippen LogP contribution in [0.4, 0.5) is 0 Å². The molecule has 1 fully saturated rings. The van der Waals surface area contributed by atoms with Crippen molar-refractivity contribution in [1.82, 2.24) is 0 Å². The molecule has 0 bridgehead atoms. The minimum atomic E-state index is -0.931. The largest absolute Gasteiger partial charge is 0.463 e. The number of Topliss-reactive ketones (excluding diaryl/α,β-unsaturated/α-hetero) is 1. The normalized spacial score (nSPS) is 25.4. The van der Waals surface area contributed by atoms with E-state index < -0.39 is 47.6 Å². The molecule has 170 valence electrons. The number of esters is 3. The fourth-order valence-electron chi connectivity index (χ4n) is 3.42. The van der Waals surface area contributed by atoms with Crippen molar-refractivity contribution in [2.24, 2.45) is 5.92 Å². The molecule has 0 aromatic heterocycles. The Morgan fingerprint density at radius 1 is 0.903 bits per heavy atom. The van der Waals surface area contributed by atoms with Crippen LogP contribution >= 0.6 is 11.8 Å². The summed E-state index contributed by atoms with van der Waals surface area (Å²) in [6, 6.07) is 7.70. The molecular formula is C22H28O8S. The number of hydrogen-bond donors (Lipinski definition) is 0. The molecule has 0 amide bonds. The van der Waals surface area contributed by atoms with E-state index in [4.69, 9.17) is 18.9 Å². The zero-order chi connectivity index (χ0) is 23.1. The fourth-order valence-corrected chi connectivity index (χ4v) is 4.58. The number of benzene rings is 1. The first-order chi connectivity index (χ1) is 14.6. The number of thioether (sulfide) groups is 1. The first kappa shape index (κ1) is 24.9. The Morgan fingerprint density at radius 3 is 2.00 bits per heavy atom. The van der Waals surface area contributed by atoms with Gasteiger partial charge in [0.25, 0.3) is 0 Å². The summed E-state index contributed by atoms with van der Waals surface area (Å²) < 4.78 is 22.3. The lowest BCUT2D eigenvalue weighted by Crippen LogP contribution is -2.57. The van der Waals surface area contributed by atoms with Crippen LogP contribution in [0, 0.1) is 12.8 Å². The molecular weight excluding hydrogens is 424 g/mol. The number of carbonyl (C=O) groups is 4. The molecule has 1 heterocycles. The van der Waals surface area contributed by atoms with Gasteiger partial charge in [-0.15, -0.1) is 0 Å². The van der Waals surface area contributed by atoms with Crippen LogP contribution in [0.3, 0.4) is 0 Å². The van der Waals surface area contributed by atoms with Crippen LogP contribution in [0.25, 0.3) is 0 Å². The third-order valence-corrected chi connectivity index (χ3v) is 5.79. The summed E-state index contributed by atoms with van der Waals surface area (Å²) >= 11 is 1.32. The number of aryl methyl sites for hydroxylation is 1. The summed E-state index contributed by atoms with van der Waals surface area (Å²) in [5.74, 6) is -2.47. The lowest BCUT2D eigenvalue weighted by Gasteiger charge is -2.45. The summed E-state index contributed by atoms with van der Waals surface area (Å²) in [6.07, 6.45) is -2.61. The van der Waals surface area contributed by atoms with Crippen LogP contribution in [0.1, 0.15) is 39.7 Å². The van der Waals surface area contributed by atoms with Crippen molar-refractivity contribution >= 4 is 35.5 Å². The Balaban J connectivity index is 2.43. The van der Waals surface area contributed by atoms with Gasteiger partial charge in [-0.05, 0) is 26.0 Å². The first-order valence-electron chi connectivity index (χ1n) is 9.92. The van der Waals surface area contributed by atoms with Gasteiger partial charge in [-0.25, -0.2) is 0 Å². The average Bonchev–Trinajstić information content (AvgIpc) is 2.65. The summed E-state index contributed by atoms with van der Waals surface area (Å²) in [7, 11) is 0. The standard InChI is InChI=1S/C22H28O8S/c1-12-6-8-17(9-7-12)31-22-21(29-16(5)26)18(10-13(2)23)20(28-15(4)25)19(30-22)11-27-14(3)24/h6-9,18-22H,10-11H2,1-5H3/t18-,19+,20-,21+,22-/m0/s1. The van der Waals surface area contributed by atoms with Crippen molar-refractivity contribution in [3.05, 3.63) is 29.8 Å². The second kappa shape index (κ2) is 11.3. The van der Waals surface area contributed by atoms with Crippen LogP contribution in [0.5, 0.6) is 0 Å². The third-order valence-electron chi connectivity index (χ3n) is 4.64. The topological polar surface area (TPSA) is 105 Å². The van der Waals surface area contributed by atoms with Gasteiger partial charge in [0, 0.05) is 38.0 Å². The molecule has 9 heteroatoms. The quantitative estimate of drug-likeness (QED) is 0.435. The van der Waals surface area contributed by atoms with E-state index in [2.05, 4.69) is 0 Å². The number of ether oxygens (including phenoxy) is 4. The van der Waals surface area contributed by atoms with Crippen molar-refractivity contribution < 1.29 is 38.1 Å². The number of hydrogen-bond acceptors (Lipinski definition) is 9. The zero-order valence-electron chi connectivity index (χ0n) is 18.3. The maximum absolute atomic E-state index is 12.0. The molecule has 1 saturated heterocycles. The van der Waals surface area contributed by atoms with Crippen LogP contribution in [0.15, 0.2) is 29.2 Å². The van der Waals surface area contributed by atoms with Crippen molar-refractivity contribution in [1.29, 1.82) is 0 Å². The minimum absolute atomic E-state index is 0.000776. The smallest absolute Gasteiger partial charge is 0.303 e. The lowest BCUT2D eigenvalue weighted by molar-refractivity contribution is -0.215. The molecule has 1 aromatic carbocycles. The van der Waals surface area contributed by atoms with Gasteiger partial charge < -0.3 is 23.7 Å². The van der Waals surface area contributed by atoms with Crippen molar-refractivity contribution in [3.63, 3.8) is 0 Å². The van der Waals surface area contributed by atoms with Gasteiger partial charge in [0.15, 0.2) is 0 Å². The van der Waals surface area contributed by atoms with Gasteiger partial charge in [0.05, 0.1) is 0 Å². The summed E-state index contributed by atoms with van der Waals surface area (Å²) in [6.45, 7) is 6.98. The number of ketones is 1. The maximum Gasteiger partial charge on any atom is 0.303 e.